The van der Waals surface area contributed by atoms with Gasteiger partial charge in [-0.05, 0) is 57.2 Å². The van der Waals surface area contributed by atoms with E-state index in [4.69, 9.17) is 10.00 Å². The topological polar surface area (TPSA) is 98.8 Å². The normalized spacial score (nSPS) is 21.4. The van der Waals surface area contributed by atoms with Crippen LogP contribution in [0.3, 0.4) is 0 Å². The molecule has 5 rings (SSSR count). The van der Waals surface area contributed by atoms with Gasteiger partial charge in [0.05, 0.1) is 29.8 Å². The number of hydrogen-bond acceptors (Lipinski definition) is 6. The predicted molar refractivity (Wildman–Crippen MR) is 125 cm³/mol. The molecule has 1 aromatic heterocycles. The summed E-state index contributed by atoms with van der Waals surface area (Å²) >= 11 is 0. The number of pyridine rings is 1. The van der Waals surface area contributed by atoms with E-state index in [2.05, 4.69) is 22.9 Å². The molecule has 3 aliphatic rings. The van der Waals surface area contributed by atoms with Crippen LogP contribution in [0.25, 0.3) is 10.9 Å². The molecule has 3 fully saturated rings. The zero-order valence-electron chi connectivity index (χ0n) is 19.2. The molecule has 1 atom stereocenters. The molecule has 1 N–H and O–H groups in total. The third-order valence-electron chi connectivity index (χ3n) is 7.87. The van der Waals surface area contributed by atoms with Crippen LogP contribution < -0.4 is 15.1 Å². The number of anilines is 1. The third-order valence-corrected chi connectivity index (χ3v) is 7.87. The first-order valence-corrected chi connectivity index (χ1v) is 11.7. The highest BCUT2D eigenvalue weighted by atomic mass is 16.5. The number of fused-ring (bicyclic) bond motifs is 1. The molecular formula is C25H30N4O4. The molecule has 2 aliphatic carbocycles. The number of ether oxygens (including phenoxy) is 1. The Labute approximate surface area is 193 Å². The fraction of sp³-hybridized carbons (Fsp3) is 0.560. The van der Waals surface area contributed by atoms with Gasteiger partial charge >= 0.3 is 5.97 Å². The van der Waals surface area contributed by atoms with E-state index in [9.17, 15) is 14.7 Å². The Hall–Kier alpha value is -3.05. The minimum atomic E-state index is -1.20. The molecule has 1 saturated heterocycles. The Morgan fingerprint density at radius 1 is 1.33 bits per heavy atom. The molecule has 0 spiro atoms. The molecule has 174 valence electrons. The molecule has 8 heteroatoms. The largest absolute Gasteiger partial charge is 0.492 e. The van der Waals surface area contributed by atoms with Crippen LogP contribution in [0.15, 0.2) is 23.1 Å². The second kappa shape index (κ2) is 8.07. The highest BCUT2D eigenvalue weighted by Crippen LogP contribution is 2.52. The molecule has 33 heavy (non-hydrogen) atoms. The van der Waals surface area contributed by atoms with Crippen molar-refractivity contribution < 1.29 is 14.6 Å². The van der Waals surface area contributed by atoms with Gasteiger partial charge in [-0.3, -0.25) is 9.69 Å². The number of methoxy groups -OCH3 is 1. The molecule has 0 radical (unpaired) electrons. The Balaban J connectivity index is 1.52. The summed E-state index contributed by atoms with van der Waals surface area (Å²) < 4.78 is 7.83. The number of rotatable bonds is 8. The van der Waals surface area contributed by atoms with Gasteiger partial charge in [0.1, 0.15) is 5.56 Å². The van der Waals surface area contributed by atoms with E-state index in [0.717, 1.165) is 44.6 Å². The van der Waals surface area contributed by atoms with E-state index in [1.54, 1.807) is 13.2 Å². The number of nitrogens with zero attached hydrogens (tertiary/aromatic N) is 4. The predicted octanol–water partition coefficient (Wildman–Crippen LogP) is 3.25. The van der Waals surface area contributed by atoms with Crippen molar-refractivity contribution >= 4 is 22.6 Å². The second-order valence-corrected chi connectivity index (χ2v) is 9.69. The molecule has 1 aromatic carbocycles. The third kappa shape index (κ3) is 3.55. The molecule has 1 unspecified atom stereocenters. The summed E-state index contributed by atoms with van der Waals surface area (Å²) in [4.78, 5) is 29.3. The molecule has 2 saturated carbocycles. The molecule has 2 heterocycles. The summed E-state index contributed by atoms with van der Waals surface area (Å²) in [6.07, 6.45) is 7.38. The summed E-state index contributed by atoms with van der Waals surface area (Å²) in [6.45, 7) is 2.60. The summed E-state index contributed by atoms with van der Waals surface area (Å²) in [7, 11) is 3.76. The van der Waals surface area contributed by atoms with Crippen LogP contribution in [0.1, 0.15) is 54.9 Å². The summed E-state index contributed by atoms with van der Waals surface area (Å²) in [6, 6.07) is 6.13. The zero-order valence-corrected chi connectivity index (χ0v) is 19.2. The van der Waals surface area contributed by atoms with Crippen molar-refractivity contribution in [2.45, 2.75) is 50.1 Å². The van der Waals surface area contributed by atoms with Crippen molar-refractivity contribution in [3.05, 3.63) is 34.1 Å². The number of carboxylic acids is 1. The standard InChI is InChI=1S/C25H30N4O4/c1-27(12-3-11-26)25(9-10-25)16-8-13-28(14-16)20-7-6-18-21(23(20)33-2)29(17-4-5-17)15-19(22(18)30)24(31)32/h6-7,15-17H,3-5,8-10,12-14H2,1-2H3,(H,31,32). The van der Waals surface area contributed by atoms with E-state index in [-0.39, 0.29) is 17.1 Å². The van der Waals surface area contributed by atoms with Crippen LogP contribution >= 0.6 is 0 Å². The lowest BCUT2D eigenvalue weighted by Crippen LogP contribution is -2.42. The quantitative estimate of drug-likeness (QED) is 0.659. The van der Waals surface area contributed by atoms with Gasteiger partial charge in [0.25, 0.3) is 0 Å². The van der Waals surface area contributed by atoms with Gasteiger partial charge < -0.3 is 19.3 Å². The van der Waals surface area contributed by atoms with Gasteiger partial charge in [0.2, 0.25) is 5.43 Å². The summed E-state index contributed by atoms with van der Waals surface area (Å²) in [5.74, 6) is -0.0321. The number of carbonyl (C=O) groups is 1. The number of nitriles is 1. The first kappa shape index (κ1) is 21.8. The minimum Gasteiger partial charge on any atom is -0.492 e. The van der Waals surface area contributed by atoms with E-state index in [1.165, 1.54) is 19.0 Å². The van der Waals surface area contributed by atoms with Gasteiger partial charge in [-0.15, -0.1) is 0 Å². The smallest absolute Gasteiger partial charge is 0.341 e. The fourth-order valence-electron chi connectivity index (χ4n) is 5.74. The van der Waals surface area contributed by atoms with Crippen LogP contribution in [0, 0.1) is 17.2 Å². The number of hydrogen-bond donors (Lipinski definition) is 1. The number of aromatic nitrogens is 1. The Kier molecular flexibility index (Phi) is 5.32. The lowest BCUT2D eigenvalue weighted by atomic mass is 9.94. The van der Waals surface area contributed by atoms with Gasteiger partial charge in [-0.1, -0.05) is 0 Å². The van der Waals surface area contributed by atoms with Crippen LogP contribution in [0.2, 0.25) is 0 Å². The van der Waals surface area contributed by atoms with E-state index in [0.29, 0.717) is 29.0 Å². The first-order chi connectivity index (χ1) is 15.9. The Morgan fingerprint density at radius 2 is 2.09 bits per heavy atom. The molecular weight excluding hydrogens is 420 g/mol. The van der Waals surface area contributed by atoms with Gasteiger partial charge in [0, 0.05) is 43.8 Å². The molecule has 2 aromatic rings. The lowest BCUT2D eigenvalue weighted by Gasteiger charge is -2.33. The number of benzene rings is 1. The van der Waals surface area contributed by atoms with E-state index < -0.39 is 11.4 Å². The molecule has 0 bridgehead atoms. The first-order valence-electron chi connectivity index (χ1n) is 11.7. The van der Waals surface area contributed by atoms with Crippen LogP contribution in [-0.2, 0) is 0 Å². The average Bonchev–Trinajstić information content (AvgIpc) is 3.75. The van der Waals surface area contributed by atoms with Crippen molar-refractivity contribution in [3.63, 3.8) is 0 Å². The Morgan fingerprint density at radius 3 is 2.70 bits per heavy atom. The Bertz CT molecular complexity index is 1210. The van der Waals surface area contributed by atoms with Crippen molar-refractivity contribution in [2.24, 2.45) is 5.92 Å². The SMILES string of the molecule is COc1c(N2CCC(C3(N(C)CCC#N)CC3)C2)ccc2c(=O)c(C(=O)O)cn(C3CC3)c12. The van der Waals surface area contributed by atoms with Crippen molar-refractivity contribution in [2.75, 3.05) is 38.7 Å². The highest BCUT2D eigenvalue weighted by molar-refractivity contribution is 5.97. The van der Waals surface area contributed by atoms with Crippen molar-refractivity contribution in [1.82, 2.24) is 9.47 Å². The van der Waals surface area contributed by atoms with Crippen LogP contribution in [0.5, 0.6) is 5.75 Å². The lowest BCUT2D eigenvalue weighted by molar-refractivity contribution is 0.0695. The van der Waals surface area contributed by atoms with E-state index in [1.807, 2.05) is 10.6 Å². The van der Waals surface area contributed by atoms with Crippen molar-refractivity contribution in [1.29, 1.82) is 5.26 Å². The molecule has 0 amide bonds. The zero-order chi connectivity index (χ0) is 23.3. The van der Waals surface area contributed by atoms with Crippen molar-refractivity contribution in [3.8, 4) is 11.8 Å². The fourth-order valence-corrected chi connectivity index (χ4v) is 5.74. The van der Waals surface area contributed by atoms with Crippen LogP contribution in [0.4, 0.5) is 5.69 Å². The second-order valence-electron chi connectivity index (χ2n) is 9.69. The maximum Gasteiger partial charge on any atom is 0.341 e. The van der Waals surface area contributed by atoms with Gasteiger partial charge in [-0.25, -0.2) is 4.79 Å². The number of carboxylic acid groups (broad SMARTS) is 1. The number of aromatic carboxylic acids is 1. The monoisotopic (exact) mass is 450 g/mol. The van der Waals surface area contributed by atoms with E-state index >= 15 is 0 Å². The van der Waals surface area contributed by atoms with Gasteiger partial charge in [0.15, 0.2) is 5.75 Å². The summed E-state index contributed by atoms with van der Waals surface area (Å²) in [5, 5.41) is 18.9. The highest BCUT2D eigenvalue weighted by Gasteiger charge is 2.53. The minimum absolute atomic E-state index is 0.183. The van der Waals surface area contributed by atoms with Crippen LogP contribution in [-0.4, -0.2) is 59.9 Å². The maximum atomic E-state index is 12.9. The maximum absolute atomic E-state index is 12.9. The van der Waals surface area contributed by atoms with Gasteiger partial charge in [-0.2, -0.15) is 5.26 Å². The molecule has 1 aliphatic heterocycles. The molecule has 8 nitrogen and oxygen atoms in total. The average molecular weight is 451 g/mol. The summed E-state index contributed by atoms with van der Waals surface area (Å²) in [5.41, 5.74) is 1.18.